The molecule has 0 saturated heterocycles. The van der Waals surface area contributed by atoms with Gasteiger partial charge in [0.25, 0.3) is 5.91 Å². The maximum atomic E-state index is 13.5. The van der Waals surface area contributed by atoms with Gasteiger partial charge in [0.2, 0.25) is 5.75 Å². The van der Waals surface area contributed by atoms with Crippen LogP contribution in [0, 0.1) is 0 Å². The molecule has 1 aromatic heterocycles. The zero-order valence-corrected chi connectivity index (χ0v) is 29.7. The van der Waals surface area contributed by atoms with E-state index < -0.39 is 12.0 Å². The lowest BCUT2D eigenvalue weighted by atomic mass is 10.1. The van der Waals surface area contributed by atoms with Crippen molar-refractivity contribution < 1.29 is 33.1 Å². The molecule has 0 aliphatic carbocycles. The summed E-state index contributed by atoms with van der Waals surface area (Å²) < 4.78 is 25.2. The lowest BCUT2D eigenvalue weighted by Crippen LogP contribution is -2.38. The number of imide groups is 1. The van der Waals surface area contributed by atoms with Crippen molar-refractivity contribution in [3.63, 3.8) is 0 Å². The fraction of sp³-hybridized carbons (Fsp3) is 0.525. The number of carbonyl (C=O) groups is 2. The molecule has 2 aromatic carbocycles. The molecule has 3 aromatic rings. The summed E-state index contributed by atoms with van der Waals surface area (Å²) in [6.07, 6.45) is 19.5. The van der Waals surface area contributed by atoms with Gasteiger partial charge < -0.3 is 18.9 Å². The largest absolute Gasteiger partial charge is 0.493 e. The SMILES string of the molecule is CCCCCCCCCCCCCCOc1c(OC)cc(COC(=O)N(Cc2ccc[n+](CCC)c2)C(=O)c2ccccc2)cc1OC. The molecular weight excluding hydrogens is 604 g/mol. The quantitative estimate of drug-likeness (QED) is 0.0744. The molecule has 3 rings (SSSR count). The van der Waals surface area contributed by atoms with Crippen LogP contribution in [0.25, 0.3) is 0 Å². The minimum Gasteiger partial charge on any atom is -0.493 e. The highest BCUT2D eigenvalue weighted by Crippen LogP contribution is 2.39. The van der Waals surface area contributed by atoms with E-state index in [9.17, 15) is 9.59 Å². The molecule has 1 heterocycles. The number of methoxy groups -OCH3 is 2. The molecule has 8 nitrogen and oxygen atoms in total. The molecule has 8 heteroatoms. The highest BCUT2D eigenvalue weighted by atomic mass is 16.6. The first-order chi connectivity index (χ1) is 23.5. The molecular formula is C40H57N2O6+. The molecule has 0 fully saturated rings. The van der Waals surface area contributed by atoms with Crippen LogP contribution >= 0.6 is 0 Å². The van der Waals surface area contributed by atoms with E-state index in [4.69, 9.17) is 18.9 Å². The summed E-state index contributed by atoms with van der Waals surface area (Å²) in [7, 11) is 3.15. The lowest BCUT2D eigenvalue weighted by molar-refractivity contribution is -0.697. The molecule has 2 amide bonds. The van der Waals surface area contributed by atoms with Gasteiger partial charge in [0.05, 0.1) is 27.4 Å². The first-order valence-corrected chi connectivity index (χ1v) is 17.9. The van der Waals surface area contributed by atoms with Gasteiger partial charge in [-0.05, 0) is 42.3 Å². The van der Waals surface area contributed by atoms with Gasteiger partial charge >= 0.3 is 6.09 Å². The molecule has 262 valence electrons. The van der Waals surface area contributed by atoms with Crippen molar-refractivity contribution in [1.82, 2.24) is 4.90 Å². The molecule has 48 heavy (non-hydrogen) atoms. The topological polar surface area (TPSA) is 78.2 Å². The highest BCUT2D eigenvalue weighted by Gasteiger charge is 2.26. The summed E-state index contributed by atoms with van der Waals surface area (Å²) in [6.45, 7) is 5.77. The second kappa shape index (κ2) is 22.5. The number of nitrogens with zero attached hydrogens (tertiary/aromatic N) is 2. The number of ether oxygens (including phenoxy) is 4. The Labute approximate surface area is 288 Å². The third-order valence-corrected chi connectivity index (χ3v) is 8.36. The van der Waals surface area contributed by atoms with Crippen LogP contribution in [0.4, 0.5) is 4.79 Å². The van der Waals surface area contributed by atoms with E-state index in [-0.39, 0.29) is 13.2 Å². The standard InChI is InChI=1S/C40H57N2O6/c1-5-7-8-9-10-11-12-13-14-15-16-20-27-47-38-36(45-3)28-34(29-37(38)46-4)32-48-40(44)42(39(43)35-23-18-17-19-24-35)31-33-22-21-26-41(30-33)25-6-2/h17-19,21-24,26,28-30H,5-16,20,25,27,31-32H2,1-4H3/q+1. The fourth-order valence-corrected chi connectivity index (χ4v) is 5.71. The van der Waals surface area contributed by atoms with E-state index in [1.807, 2.05) is 35.2 Å². The average molecular weight is 662 g/mol. The average Bonchev–Trinajstić information content (AvgIpc) is 3.11. The van der Waals surface area contributed by atoms with E-state index in [2.05, 4.69) is 13.8 Å². The molecule has 0 radical (unpaired) electrons. The van der Waals surface area contributed by atoms with Crippen LogP contribution in [-0.2, 0) is 24.4 Å². The van der Waals surface area contributed by atoms with Crippen molar-refractivity contribution in [3.05, 3.63) is 83.7 Å². The summed E-state index contributed by atoms with van der Waals surface area (Å²) in [6, 6.07) is 16.1. The van der Waals surface area contributed by atoms with Crippen LogP contribution in [0.1, 0.15) is 119 Å². The Bertz CT molecular complexity index is 1340. The third kappa shape index (κ3) is 13.2. The number of amides is 2. The fourth-order valence-electron chi connectivity index (χ4n) is 5.71. The Kier molecular flexibility index (Phi) is 18.0. The summed E-state index contributed by atoms with van der Waals surface area (Å²) in [5.41, 5.74) is 1.89. The lowest BCUT2D eigenvalue weighted by Gasteiger charge is -2.21. The summed E-state index contributed by atoms with van der Waals surface area (Å²) in [5.74, 6) is 1.11. The van der Waals surface area contributed by atoms with Crippen molar-refractivity contribution >= 4 is 12.0 Å². The molecule has 0 aliphatic heterocycles. The van der Waals surface area contributed by atoms with Crippen molar-refractivity contribution in [2.45, 2.75) is 117 Å². The van der Waals surface area contributed by atoms with Crippen LogP contribution < -0.4 is 18.8 Å². The normalized spacial score (nSPS) is 10.8. The van der Waals surface area contributed by atoms with Crippen LogP contribution in [0.3, 0.4) is 0 Å². The maximum Gasteiger partial charge on any atom is 0.417 e. The van der Waals surface area contributed by atoms with Crippen molar-refractivity contribution in [3.8, 4) is 17.2 Å². The van der Waals surface area contributed by atoms with E-state index >= 15 is 0 Å². The molecule has 0 unspecified atom stereocenters. The minimum atomic E-state index is -0.736. The third-order valence-electron chi connectivity index (χ3n) is 8.36. The van der Waals surface area contributed by atoms with Gasteiger partial charge in [-0.1, -0.05) is 103 Å². The van der Waals surface area contributed by atoms with Crippen LogP contribution in [0.2, 0.25) is 0 Å². The summed E-state index contributed by atoms with van der Waals surface area (Å²) in [4.78, 5) is 28.1. The van der Waals surface area contributed by atoms with Gasteiger partial charge in [0.1, 0.15) is 13.2 Å². The second-order valence-electron chi connectivity index (χ2n) is 12.3. The molecule has 0 saturated carbocycles. The maximum absolute atomic E-state index is 13.5. The van der Waals surface area contributed by atoms with Crippen LogP contribution in [-0.4, -0.2) is 37.7 Å². The zero-order valence-electron chi connectivity index (χ0n) is 29.7. The number of unbranched alkanes of at least 4 members (excludes halogenated alkanes) is 11. The van der Waals surface area contributed by atoms with E-state index in [0.717, 1.165) is 36.3 Å². The number of benzene rings is 2. The first kappa shape index (κ1) is 38.4. The van der Waals surface area contributed by atoms with E-state index in [0.29, 0.717) is 35.0 Å². The van der Waals surface area contributed by atoms with Crippen molar-refractivity contribution in [2.75, 3.05) is 20.8 Å². The Morgan fingerprint density at radius 2 is 1.31 bits per heavy atom. The Hall–Kier alpha value is -4.07. The number of aromatic nitrogens is 1. The van der Waals surface area contributed by atoms with Crippen molar-refractivity contribution in [1.29, 1.82) is 0 Å². The van der Waals surface area contributed by atoms with E-state index in [1.54, 1.807) is 50.6 Å². The molecule has 0 atom stereocenters. The minimum absolute atomic E-state index is 0.0756. The highest BCUT2D eigenvalue weighted by molar-refractivity contribution is 6.02. The van der Waals surface area contributed by atoms with Gasteiger partial charge in [-0.15, -0.1) is 0 Å². The number of hydrogen-bond acceptors (Lipinski definition) is 6. The van der Waals surface area contributed by atoms with Gasteiger partial charge in [-0.25, -0.2) is 14.3 Å². The number of hydrogen-bond donors (Lipinski definition) is 0. The van der Waals surface area contributed by atoms with Crippen molar-refractivity contribution in [2.24, 2.45) is 0 Å². The molecule has 0 aliphatic rings. The number of rotatable bonds is 23. The molecule has 0 N–H and O–H groups in total. The zero-order chi connectivity index (χ0) is 34.4. The van der Waals surface area contributed by atoms with Gasteiger partial charge in [-0.3, -0.25) is 4.79 Å². The number of aryl methyl sites for hydroxylation is 1. The predicted molar refractivity (Wildman–Crippen MR) is 190 cm³/mol. The monoisotopic (exact) mass is 661 g/mol. The Morgan fingerprint density at radius 1 is 0.708 bits per heavy atom. The number of pyridine rings is 1. The number of carbonyl (C=O) groups excluding carboxylic acids is 2. The second-order valence-corrected chi connectivity index (χ2v) is 12.3. The first-order valence-electron chi connectivity index (χ1n) is 17.9. The summed E-state index contributed by atoms with van der Waals surface area (Å²) in [5, 5.41) is 0. The van der Waals surface area contributed by atoms with Gasteiger partial charge in [0.15, 0.2) is 23.9 Å². The van der Waals surface area contributed by atoms with Gasteiger partial charge in [0, 0.05) is 23.6 Å². The Balaban J connectivity index is 1.55. The van der Waals surface area contributed by atoms with Crippen LogP contribution in [0.5, 0.6) is 17.2 Å². The predicted octanol–water partition coefficient (Wildman–Crippen LogP) is 9.46. The van der Waals surface area contributed by atoms with Gasteiger partial charge in [-0.2, -0.15) is 0 Å². The van der Waals surface area contributed by atoms with E-state index in [1.165, 1.54) is 64.2 Å². The van der Waals surface area contributed by atoms with Crippen LogP contribution in [0.15, 0.2) is 67.0 Å². The molecule has 0 spiro atoms. The smallest absolute Gasteiger partial charge is 0.417 e. The molecule has 0 bridgehead atoms. The Morgan fingerprint density at radius 3 is 1.90 bits per heavy atom. The summed E-state index contributed by atoms with van der Waals surface area (Å²) >= 11 is 0.